The first kappa shape index (κ1) is 15.3. The molecule has 0 saturated carbocycles. The first-order chi connectivity index (χ1) is 8.81. The molecule has 1 unspecified atom stereocenters. The van der Waals surface area contributed by atoms with Crippen LogP contribution in [-0.4, -0.2) is 26.3 Å². The molecule has 0 aliphatic rings. The molecule has 4 heteroatoms. The van der Waals surface area contributed by atoms with Gasteiger partial charge in [-0.15, -0.1) is 0 Å². The Hall–Kier alpha value is -1.71. The van der Waals surface area contributed by atoms with Crippen LogP contribution in [0.3, 0.4) is 0 Å². The summed E-state index contributed by atoms with van der Waals surface area (Å²) in [5, 5.41) is 0. The molecular weight excluding hydrogens is 244 g/mol. The quantitative estimate of drug-likeness (QED) is 0.784. The predicted molar refractivity (Wildman–Crippen MR) is 73.9 cm³/mol. The topological polar surface area (TPSA) is 44.8 Å². The summed E-state index contributed by atoms with van der Waals surface area (Å²) in [5.74, 6) is 0.522. The maximum absolute atomic E-state index is 11.8. The number of rotatable bonds is 4. The number of esters is 1. The Bertz CT molecular complexity index is 446. The van der Waals surface area contributed by atoms with Crippen LogP contribution in [0.1, 0.15) is 38.1 Å². The van der Waals surface area contributed by atoms with Gasteiger partial charge < -0.3 is 14.2 Å². The molecule has 1 atom stereocenters. The number of benzene rings is 1. The molecule has 0 amide bonds. The van der Waals surface area contributed by atoms with E-state index in [4.69, 9.17) is 14.2 Å². The molecule has 0 radical (unpaired) electrons. The van der Waals surface area contributed by atoms with Crippen molar-refractivity contribution in [1.29, 1.82) is 0 Å². The van der Waals surface area contributed by atoms with E-state index in [0.717, 1.165) is 0 Å². The van der Waals surface area contributed by atoms with E-state index < -0.39 is 5.97 Å². The van der Waals surface area contributed by atoms with Gasteiger partial charge in [0.1, 0.15) is 11.7 Å². The lowest BCUT2D eigenvalue weighted by Crippen LogP contribution is -2.29. The molecule has 0 saturated heterocycles. The summed E-state index contributed by atoms with van der Waals surface area (Å²) in [6.45, 7) is 8.19. The average Bonchev–Trinajstić information content (AvgIpc) is 2.36. The van der Waals surface area contributed by atoms with Gasteiger partial charge in [-0.05, 0) is 24.5 Å². The Morgan fingerprint density at radius 3 is 2.32 bits per heavy atom. The smallest absolute Gasteiger partial charge is 0.341 e. The fourth-order valence-electron chi connectivity index (χ4n) is 1.42. The van der Waals surface area contributed by atoms with Gasteiger partial charge in [0, 0.05) is 0 Å². The SMILES string of the molecule is COC(=O)c1cccc(OC)c1OC(C)C(C)(C)C. The van der Waals surface area contributed by atoms with Gasteiger partial charge in [0.15, 0.2) is 11.5 Å². The molecule has 19 heavy (non-hydrogen) atoms. The summed E-state index contributed by atoms with van der Waals surface area (Å²) < 4.78 is 16.0. The van der Waals surface area contributed by atoms with Gasteiger partial charge in [0.05, 0.1) is 14.2 Å². The number of carbonyl (C=O) groups excluding carboxylic acids is 1. The van der Waals surface area contributed by atoms with Gasteiger partial charge in [-0.3, -0.25) is 0 Å². The van der Waals surface area contributed by atoms with Crippen LogP contribution in [0, 0.1) is 5.41 Å². The predicted octanol–water partition coefficient (Wildman–Crippen LogP) is 3.30. The number of hydrogen-bond donors (Lipinski definition) is 0. The highest BCUT2D eigenvalue weighted by molar-refractivity contribution is 5.93. The molecule has 0 aliphatic heterocycles. The minimum atomic E-state index is -0.435. The zero-order valence-electron chi connectivity index (χ0n) is 12.4. The normalized spacial score (nSPS) is 12.7. The molecule has 0 aliphatic carbocycles. The fraction of sp³-hybridized carbons (Fsp3) is 0.533. The van der Waals surface area contributed by atoms with E-state index in [1.807, 2.05) is 6.92 Å². The highest BCUT2D eigenvalue weighted by atomic mass is 16.5. The Balaban J connectivity index is 3.19. The first-order valence-corrected chi connectivity index (χ1v) is 6.23. The van der Waals surface area contributed by atoms with Crippen LogP contribution < -0.4 is 9.47 Å². The van der Waals surface area contributed by atoms with Crippen molar-refractivity contribution in [3.8, 4) is 11.5 Å². The molecular formula is C15H22O4. The van der Waals surface area contributed by atoms with E-state index in [0.29, 0.717) is 17.1 Å². The number of hydrogen-bond acceptors (Lipinski definition) is 4. The lowest BCUT2D eigenvalue weighted by molar-refractivity contribution is 0.0577. The second-order valence-corrected chi connectivity index (χ2v) is 5.45. The summed E-state index contributed by atoms with van der Waals surface area (Å²) in [6, 6.07) is 5.16. The van der Waals surface area contributed by atoms with Gasteiger partial charge in [-0.2, -0.15) is 0 Å². The Morgan fingerprint density at radius 1 is 1.21 bits per heavy atom. The molecule has 0 N–H and O–H groups in total. The van der Waals surface area contributed by atoms with Crippen molar-refractivity contribution in [2.45, 2.75) is 33.8 Å². The van der Waals surface area contributed by atoms with Crippen molar-refractivity contribution in [3.63, 3.8) is 0 Å². The lowest BCUT2D eigenvalue weighted by Gasteiger charge is -2.29. The molecule has 1 aromatic carbocycles. The Labute approximate surface area is 114 Å². The summed E-state index contributed by atoms with van der Waals surface area (Å²) in [7, 11) is 2.89. The molecule has 0 aromatic heterocycles. The maximum Gasteiger partial charge on any atom is 0.341 e. The monoisotopic (exact) mass is 266 g/mol. The molecule has 0 bridgehead atoms. The second-order valence-electron chi connectivity index (χ2n) is 5.45. The highest BCUT2D eigenvalue weighted by Crippen LogP contribution is 2.35. The third kappa shape index (κ3) is 3.63. The third-order valence-corrected chi connectivity index (χ3v) is 3.12. The van der Waals surface area contributed by atoms with Crippen molar-refractivity contribution < 1.29 is 19.0 Å². The molecule has 0 fully saturated rings. The minimum absolute atomic E-state index is 0.0474. The van der Waals surface area contributed by atoms with Gasteiger partial charge in [0.2, 0.25) is 0 Å². The molecule has 0 heterocycles. The van der Waals surface area contributed by atoms with Crippen molar-refractivity contribution in [2.75, 3.05) is 14.2 Å². The van der Waals surface area contributed by atoms with Crippen molar-refractivity contribution in [3.05, 3.63) is 23.8 Å². The van der Waals surface area contributed by atoms with E-state index >= 15 is 0 Å². The Kier molecular flexibility index (Phi) is 4.81. The second kappa shape index (κ2) is 5.95. The van der Waals surface area contributed by atoms with Crippen LogP contribution >= 0.6 is 0 Å². The third-order valence-electron chi connectivity index (χ3n) is 3.12. The Morgan fingerprint density at radius 2 is 1.84 bits per heavy atom. The van der Waals surface area contributed by atoms with E-state index in [1.165, 1.54) is 7.11 Å². The standard InChI is InChI=1S/C15H22O4/c1-10(15(2,3)4)19-13-11(14(16)18-6)8-7-9-12(13)17-5/h7-10H,1-6H3. The van der Waals surface area contributed by atoms with Gasteiger partial charge in [0.25, 0.3) is 0 Å². The zero-order valence-corrected chi connectivity index (χ0v) is 12.4. The molecule has 1 rings (SSSR count). The fourth-order valence-corrected chi connectivity index (χ4v) is 1.42. The van der Waals surface area contributed by atoms with E-state index in [1.54, 1.807) is 25.3 Å². The summed E-state index contributed by atoms with van der Waals surface area (Å²) in [6.07, 6.45) is -0.0767. The van der Waals surface area contributed by atoms with Crippen LogP contribution in [0.25, 0.3) is 0 Å². The average molecular weight is 266 g/mol. The summed E-state index contributed by atoms with van der Waals surface area (Å²) in [5.41, 5.74) is 0.326. The van der Waals surface area contributed by atoms with Crippen LogP contribution in [0.5, 0.6) is 11.5 Å². The molecule has 106 valence electrons. The lowest BCUT2D eigenvalue weighted by atomic mass is 9.90. The van der Waals surface area contributed by atoms with Crippen molar-refractivity contribution >= 4 is 5.97 Å². The van der Waals surface area contributed by atoms with Crippen LogP contribution in [0.2, 0.25) is 0 Å². The number of para-hydroxylation sites is 1. The van der Waals surface area contributed by atoms with Crippen molar-refractivity contribution in [2.24, 2.45) is 5.41 Å². The van der Waals surface area contributed by atoms with Gasteiger partial charge >= 0.3 is 5.97 Å². The molecule has 1 aromatic rings. The minimum Gasteiger partial charge on any atom is -0.493 e. The number of ether oxygens (including phenoxy) is 3. The van der Waals surface area contributed by atoms with E-state index in [2.05, 4.69) is 20.8 Å². The first-order valence-electron chi connectivity index (χ1n) is 6.23. The molecule has 0 spiro atoms. The zero-order chi connectivity index (χ0) is 14.6. The largest absolute Gasteiger partial charge is 0.493 e. The summed E-state index contributed by atoms with van der Waals surface area (Å²) >= 11 is 0. The van der Waals surface area contributed by atoms with E-state index in [-0.39, 0.29) is 11.5 Å². The highest BCUT2D eigenvalue weighted by Gasteiger charge is 2.26. The number of carbonyl (C=O) groups is 1. The van der Waals surface area contributed by atoms with E-state index in [9.17, 15) is 4.79 Å². The van der Waals surface area contributed by atoms with Crippen LogP contribution in [0.4, 0.5) is 0 Å². The maximum atomic E-state index is 11.8. The van der Waals surface area contributed by atoms with Crippen LogP contribution in [-0.2, 0) is 4.74 Å². The van der Waals surface area contributed by atoms with Crippen molar-refractivity contribution in [1.82, 2.24) is 0 Å². The van der Waals surface area contributed by atoms with Gasteiger partial charge in [-0.1, -0.05) is 26.8 Å². The summed E-state index contributed by atoms with van der Waals surface area (Å²) in [4.78, 5) is 11.8. The number of methoxy groups -OCH3 is 2. The molecule has 4 nitrogen and oxygen atoms in total. The van der Waals surface area contributed by atoms with Crippen LogP contribution in [0.15, 0.2) is 18.2 Å². The van der Waals surface area contributed by atoms with Gasteiger partial charge in [-0.25, -0.2) is 4.79 Å².